The molecule has 0 aliphatic heterocycles. The lowest BCUT2D eigenvalue weighted by atomic mass is 10.1. The Labute approximate surface area is 153 Å². The Morgan fingerprint density at radius 2 is 1.56 bits per heavy atom. The molecular formula is C17H15F3N4O2S. The smallest absolute Gasteiger partial charge is 0.395 e. The Hall–Kier alpha value is -2.85. The Balaban J connectivity index is 2.24. The van der Waals surface area contributed by atoms with Crippen LogP contribution in [0.15, 0.2) is 53.4 Å². The van der Waals surface area contributed by atoms with E-state index in [2.05, 4.69) is 5.10 Å². The van der Waals surface area contributed by atoms with Crippen molar-refractivity contribution in [3.8, 4) is 16.9 Å². The average Bonchev–Trinajstić information content (AvgIpc) is 2.92. The topological polar surface area (TPSA) is 104 Å². The van der Waals surface area contributed by atoms with E-state index >= 15 is 0 Å². The first-order valence-corrected chi connectivity index (χ1v) is 9.19. The molecular weight excluding hydrogens is 381 g/mol. The molecule has 3 rings (SSSR count). The van der Waals surface area contributed by atoms with Crippen LogP contribution < -0.4 is 10.9 Å². The quantitative estimate of drug-likeness (QED) is 0.710. The van der Waals surface area contributed by atoms with Crippen molar-refractivity contribution >= 4 is 15.7 Å². The molecule has 0 unspecified atom stereocenters. The van der Waals surface area contributed by atoms with Crippen LogP contribution in [-0.2, 0) is 16.2 Å². The summed E-state index contributed by atoms with van der Waals surface area (Å²) in [7, 11) is -3.93. The molecule has 0 amide bonds. The molecule has 1 heterocycles. The fourth-order valence-corrected chi connectivity index (χ4v) is 3.11. The van der Waals surface area contributed by atoms with Gasteiger partial charge < -0.3 is 5.73 Å². The summed E-state index contributed by atoms with van der Waals surface area (Å²) in [6, 6.07) is 11.8. The van der Waals surface area contributed by atoms with E-state index in [1.54, 1.807) is 24.3 Å². The van der Waals surface area contributed by atoms with Crippen LogP contribution >= 0.6 is 0 Å². The normalized spacial score (nSPS) is 12.3. The van der Waals surface area contributed by atoms with E-state index < -0.39 is 27.6 Å². The number of aryl methyl sites for hydroxylation is 1. The number of primary sulfonamides is 1. The number of rotatable bonds is 3. The van der Waals surface area contributed by atoms with Crippen LogP contribution in [0.1, 0.15) is 11.3 Å². The summed E-state index contributed by atoms with van der Waals surface area (Å²) in [6.07, 6.45) is -4.74. The molecule has 0 saturated carbocycles. The monoisotopic (exact) mass is 396 g/mol. The highest BCUT2D eigenvalue weighted by Crippen LogP contribution is 2.39. The molecule has 1 aromatic heterocycles. The zero-order valence-electron chi connectivity index (χ0n) is 14.0. The highest BCUT2D eigenvalue weighted by Gasteiger charge is 2.39. The van der Waals surface area contributed by atoms with Crippen molar-refractivity contribution in [2.24, 2.45) is 5.14 Å². The summed E-state index contributed by atoms with van der Waals surface area (Å²) in [5.41, 5.74) is 5.69. The molecule has 142 valence electrons. The summed E-state index contributed by atoms with van der Waals surface area (Å²) in [4.78, 5) is -0.167. The van der Waals surface area contributed by atoms with Crippen molar-refractivity contribution in [3.05, 3.63) is 59.8 Å². The van der Waals surface area contributed by atoms with Crippen molar-refractivity contribution in [1.82, 2.24) is 9.78 Å². The molecule has 3 aromatic rings. The largest absolute Gasteiger partial charge is 0.437 e. The lowest BCUT2D eigenvalue weighted by Crippen LogP contribution is -2.12. The van der Waals surface area contributed by atoms with Crippen molar-refractivity contribution in [2.45, 2.75) is 18.0 Å². The third-order valence-electron chi connectivity index (χ3n) is 3.93. The average molecular weight is 396 g/mol. The highest BCUT2D eigenvalue weighted by molar-refractivity contribution is 7.89. The molecule has 0 fully saturated rings. The fraction of sp³-hybridized carbons (Fsp3) is 0.118. The minimum absolute atomic E-state index is 0.0608. The first kappa shape index (κ1) is 18.9. The summed E-state index contributed by atoms with van der Waals surface area (Å²) in [6.45, 7) is 1.84. The summed E-state index contributed by atoms with van der Waals surface area (Å²) >= 11 is 0. The van der Waals surface area contributed by atoms with Gasteiger partial charge in [0.1, 0.15) is 0 Å². The van der Waals surface area contributed by atoms with Crippen LogP contribution in [0.3, 0.4) is 0 Å². The van der Waals surface area contributed by atoms with E-state index in [4.69, 9.17) is 10.9 Å². The van der Waals surface area contributed by atoms with Crippen LogP contribution in [0.4, 0.5) is 18.9 Å². The highest BCUT2D eigenvalue weighted by atomic mass is 32.2. The van der Waals surface area contributed by atoms with Gasteiger partial charge in [0.25, 0.3) is 0 Å². The molecule has 27 heavy (non-hydrogen) atoms. The third kappa shape index (κ3) is 3.67. The van der Waals surface area contributed by atoms with Crippen molar-refractivity contribution in [1.29, 1.82) is 0 Å². The van der Waals surface area contributed by atoms with Crippen LogP contribution in [0, 0.1) is 6.92 Å². The number of alkyl halides is 3. The Kier molecular flexibility index (Phi) is 4.48. The van der Waals surface area contributed by atoms with Crippen LogP contribution in [0.5, 0.6) is 0 Å². The van der Waals surface area contributed by atoms with E-state index in [0.717, 1.165) is 10.2 Å². The molecule has 4 N–H and O–H groups in total. The molecule has 2 aromatic carbocycles. The lowest BCUT2D eigenvalue weighted by molar-refractivity contribution is -0.140. The summed E-state index contributed by atoms with van der Waals surface area (Å²) in [5.74, 6) is 0. The fourth-order valence-electron chi connectivity index (χ4n) is 2.59. The second kappa shape index (κ2) is 6.39. The van der Waals surface area contributed by atoms with Crippen LogP contribution in [0.2, 0.25) is 0 Å². The molecule has 6 nitrogen and oxygen atoms in total. The van der Waals surface area contributed by atoms with Crippen molar-refractivity contribution in [2.75, 3.05) is 5.73 Å². The van der Waals surface area contributed by atoms with Gasteiger partial charge in [0.05, 0.1) is 22.0 Å². The maximum atomic E-state index is 13.3. The molecule has 0 aliphatic rings. The zero-order valence-corrected chi connectivity index (χ0v) is 14.8. The number of nitrogens with zero attached hydrogens (tertiary/aromatic N) is 2. The maximum absolute atomic E-state index is 13.3. The molecule has 0 saturated heterocycles. The molecule has 0 aliphatic carbocycles. The molecule has 10 heteroatoms. The van der Waals surface area contributed by atoms with E-state index in [1.807, 2.05) is 6.92 Å². The van der Waals surface area contributed by atoms with Crippen LogP contribution in [0.25, 0.3) is 16.9 Å². The van der Waals surface area contributed by atoms with Gasteiger partial charge in [-0.3, -0.25) is 0 Å². The summed E-state index contributed by atoms with van der Waals surface area (Å²) in [5, 5.41) is 8.67. The van der Waals surface area contributed by atoms with Gasteiger partial charge in [-0.1, -0.05) is 29.8 Å². The zero-order chi connectivity index (χ0) is 20.0. The predicted octanol–water partition coefficient (Wildman–Crippen LogP) is 3.10. The van der Waals surface area contributed by atoms with Crippen LogP contribution in [-0.4, -0.2) is 18.2 Å². The molecule has 0 radical (unpaired) electrons. The standard InChI is InChI=1S/C17H15F3N4O2S/c1-10-2-4-11(5-3-10)15-14(21)16(17(18,19)20)23-24(15)12-6-8-13(9-7-12)27(22,25)26/h2-9H,21H2,1H3,(H2,22,25,26). The van der Waals surface area contributed by atoms with Gasteiger partial charge in [-0.05, 0) is 31.2 Å². The van der Waals surface area contributed by atoms with E-state index in [-0.39, 0.29) is 16.3 Å². The minimum Gasteiger partial charge on any atom is -0.395 e. The molecule has 0 bridgehead atoms. The second-order valence-electron chi connectivity index (χ2n) is 5.93. The summed E-state index contributed by atoms with van der Waals surface area (Å²) < 4.78 is 63.7. The number of hydrogen-bond donors (Lipinski definition) is 2. The Bertz CT molecular complexity index is 1090. The Morgan fingerprint density at radius 3 is 2.04 bits per heavy atom. The van der Waals surface area contributed by atoms with Gasteiger partial charge in [0.15, 0.2) is 5.69 Å². The predicted molar refractivity (Wildman–Crippen MR) is 94.5 cm³/mol. The van der Waals surface area contributed by atoms with Gasteiger partial charge in [-0.15, -0.1) is 0 Å². The van der Waals surface area contributed by atoms with E-state index in [0.29, 0.717) is 5.56 Å². The van der Waals surface area contributed by atoms with Gasteiger partial charge in [0, 0.05) is 5.56 Å². The first-order valence-electron chi connectivity index (χ1n) is 7.64. The number of nitrogens with two attached hydrogens (primary N) is 2. The minimum atomic E-state index is -4.74. The van der Waals surface area contributed by atoms with E-state index in [1.165, 1.54) is 24.3 Å². The van der Waals surface area contributed by atoms with E-state index in [9.17, 15) is 21.6 Å². The number of halogens is 3. The van der Waals surface area contributed by atoms with Gasteiger partial charge in [-0.25, -0.2) is 18.2 Å². The maximum Gasteiger partial charge on any atom is 0.437 e. The second-order valence-corrected chi connectivity index (χ2v) is 7.49. The first-order chi connectivity index (χ1) is 12.5. The number of sulfonamides is 1. The number of nitrogen functional groups attached to an aromatic ring is 1. The van der Waals surface area contributed by atoms with Crippen molar-refractivity contribution < 1.29 is 21.6 Å². The Morgan fingerprint density at radius 1 is 1.00 bits per heavy atom. The van der Waals surface area contributed by atoms with Gasteiger partial charge in [0.2, 0.25) is 10.0 Å². The number of anilines is 1. The van der Waals surface area contributed by atoms with Crippen molar-refractivity contribution in [3.63, 3.8) is 0 Å². The SMILES string of the molecule is Cc1ccc(-c2c(N)c(C(F)(F)F)nn2-c2ccc(S(N)(=O)=O)cc2)cc1. The lowest BCUT2D eigenvalue weighted by Gasteiger charge is -2.09. The third-order valence-corrected chi connectivity index (χ3v) is 4.85. The number of benzene rings is 2. The van der Waals surface area contributed by atoms with Gasteiger partial charge >= 0.3 is 6.18 Å². The van der Waals surface area contributed by atoms with Gasteiger partial charge in [-0.2, -0.15) is 18.3 Å². The number of aromatic nitrogens is 2. The molecule has 0 atom stereocenters. The molecule has 0 spiro atoms. The number of hydrogen-bond acceptors (Lipinski definition) is 4.